The van der Waals surface area contributed by atoms with E-state index in [1.807, 2.05) is 47.5 Å². The van der Waals surface area contributed by atoms with Gasteiger partial charge in [0.05, 0.1) is 25.7 Å². The minimum atomic E-state index is 0.850. The van der Waals surface area contributed by atoms with E-state index in [0.717, 1.165) is 22.8 Å². The lowest BCUT2D eigenvalue weighted by Crippen LogP contribution is -2.32. The van der Waals surface area contributed by atoms with Crippen molar-refractivity contribution in [1.82, 2.24) is 9.55 Å². The fourth-order valence-electron chi connectivity index (χ4n) is 1.97. The lowest BCUT2D eigenvalue weighted by molar-refractivity contribution is -0.588. The van der Waals surface area contributed by atoms with Crippen LogP contribution in [-0.2, 0) is 7.05 Å². The standard InChI is InChI=1S/C14H13N3O/c1-11-5-9-18-13(11)14-16(2)7-8-17(14)12-4-3-6-15-10-12/h3-7,9-10H,1-2H3. The summed E-state index contributed by atoms with van der Waals surface area (Å²) in [5.41, 5.74) is 2.06. The first kappa shape index (κ1) is 10.8. The van der Waals surface area contributed by atoms with Gasteiger partial charge in [-0.15, -0.1) is 0 Å². The SMILES string of the molecule is Cc1ccoc1-c1n(C)c[c-][n+]1-c1cccnc1. The summed E-state index contributed by atoms with van der Waals surface area (Å²) in [5, 5.41) is 0. The van der Waals surface area contributed by atoms with Gasteiger partial charge in [-0.05, 0) is 18.6 Å². The van der Waals surface area contributed by atoms with Crippen LogP contribution in [0.1, 0.15) is 5.56 Å². The molecule has 0 unspecified atom stereocenters. The Balaban J connectivity index is 2.22. The van der Waals surface area contributed by atoms with Crippen LogP contribution in [0.3, 0.4) is 0 Å². The number of pyridine rings is 1. The van der Waals surface area contributed by atoms with Crippen molar-refractivity contribution in [1.29, 1.82) is 0 Å². The summed E-state index contributed by atoms with van der Waals surface area (Å²) in [6.07, 6.45) is 10.3. The molecule has 0 N–H and O–H groups in total. The van der Waals surface area contributed by atoms with Gasteiger partial charge < -0.3 is 8.98 Å². The number of furan rings is 1. The summed E-state index contributed by atoms with van der Waals surface area (Å²) in [6, 6.07) is 5.85. The molecule has 18 heavy (non-hydrogen) atoms. The number of rotatable bonds is 2. The summed E-state index contributed by atoms with van der Waals surface area (Å²) in [5.74, 6) is 1.80. The molecule has 0 saturated heterocycles. The van der Waals surface area contributed by atoms with Gasteiger partial charge in [0.15, 0.2) is 5.76 Å². The molecule has 3 aromatic rings. The Labute approximate surface area is 105 Å². The third kappa shape index (κ3) is 1.62. The maximum absolute atomic E-state index is 5.57. The molecule has 0 aliphatic heterocycles. The first-order valence-corrected chi connectivity index (χ1v) is 5.71. The molecule has 3 aromatic heterocycles. The molecule has 0 aromatic carbocycles. The van der Waals surface area contributed by atoms with E-state index in [-0.39, 0.29) is 0 Å². The number of aromatic nitrogens is 3. The van der Waals surface area contributed by atoms with Gasteiger partial charge >= 0.3 is 0 Å². The average Bonchev–Trinajstić information content (AvgIpc) is 2.96. The van der Waals surface area contributed by atoms with E-state index in [1.165, 1.54) is 0 Å². The van der Waals surface area contributed by atoms with Crippen molar-refractivity contribution < 1.29 is 8.98 Å². The topological polar surface area (TPSA) is 34.8 Å². The van der Waals surface area contributed by atoms with Gasteiger partial charge in [-0.2, -0.15) is 0 Å². The third-order valence-electron chi connectivity index (χ3n) is 2.90. The quantitative estimate of drug-likeness (QED) is 0.507. The summed E-state index contributed by atoms with van der Waals surface area (Å²) in [7, 11) is 1.97. The Kier molecular flexibility index (Phi) is 2.48. The first-order chi connectivity index (χ1) is 8.77. The molecule has 0 aliphatic rings. The first-order valence-electron chi connectivity index (χ1n) is 5.71. The molecule has 3 rings (SSSR count). The van der Waals surface area contributed by atoms with Crippen molar-refractivity contribution in [3.05, 3.63) is 54.8 Å². The second-order valence-electron chi connectivity index (χ2n) is 4.17. The lowest BCUT2D eigenvalue weighted by Gasteiger charge is -2.09. The van der Waals surface area contributed by atoms with Gasteiger partial charge in [-0.1, -0.05) is 12.1 Å². The van der Waals surface area contributed by atoms with Gasteiger partial charge in [-0.3, -0.25) is 9.55 Å². The van der Waals surface area contributed by atoms with Crippen LogP contribution in [0.15, 0.2) is 47.5 Å². The molecule has 0 bridgehead atoms. The highest BCUT2D eigenvalue weighted by molar-refractivity contribution is 5.50. The molecule has 3 heterocycles. The molecule has 0 saturated carbocycles. The van der Waals surface area contributed by atoms with Crippen LogP contribution in [0, 0.1) is 13.1 Å². The van der Waals surface area contributed by atoms with Crippen molar-refractivity contribution in [2.45, 2.75) is 6.92 Å². The maximum Gasteiger partial charge on any atom is 0.221 e. The smallest absolute Gasteiger partial charge is 0.221 e. The number of hydrogen-bond donors (Lipinski definition) is 0. The average molecular weight is 239 g/mol. The second kappa shape index (κ2) is 4.14. The maximum atomic E-state index is 5.57. The van der Waals surface area contributed by atoms with Gasteiger partial charge in [0, 0.05) is 18.1 Å². The van der Waals surface area contributed by atoms with Gasteiger partial charge in [-0.25, -0.2) is 0 Å². The van der Waals surface area contributed by atoms with Gasteiger partial charge in [0.2, 0.25) is 5.82 Å². The highest BCUT2D eigenvalue weighted by atomic mass is 16.3. The minimum absolute atomic E-state index is 0.850. The fourth-order valence-corrected chi connectivity index (χ4v) is 1.97. The molecule has 0 radical (unpaired) electrons. The monoisotopic (exact) mass is 239 g/mol. The fraction of sp³-hybridized carbons (Fsp3) is 0.143. The summed E-state index contributed by atoms with van der Waals surface area (Å²) in [4.78, 5) is 4.13. The van der Waals surface area contributed by atoms with E-state index in [2.05, 4.69) is 11.2 Å². The molecular formula is C14H13N3O. The highest BCUT2D eigenvalue weighted by Gasteiger charge is 2.15. The summed E-state index contributed by atoms with van der Waals surface area (Å²) >= 11 is 0. The molecule has 0 spiro atoms. The Morgan fingerprint density at radius 1 is 1.39 bits per heavy atom. The van der Waals surface area contributed by atoms with Crippen LogP contribution in [0.4, 0.5) is 0 Å². The minimum Gasteiger partial charge on any atom is -0.469 e. The third-order valence-corrected chi connectivity index (χ3v) is 2.90. The number of aryl methyl sites for hydroxylation is 2. The molecule has 0 fully saturated rings. The van der Waals surface area contributed by atoms with Crippen molar-refractivity contribution >= 4 is 0 Å². The Bertz CT molecular complexity index is 667. The molecular weight excluding hydrogens is 226 g/mol. The zero-order valence-electron chi connectivity index (χ0n) is 10.3. The van der Waals surface area contributed by atoms with E-state index in [9.17, 15) is 0 Å². The molecule has 0 aliphatic carbocycles. The molecule has 4 nitrogen and oxygen atoms in total. The number of nitrogens with zero attached hydrogens (tertiary/aromatic N) is 3. The van der Waals surface area contributed by atoms with Crippen molar-refractivity contribution in [3.63, 3.8) is 0 Å². The zero-order chi connectivity index (χ0) is 12.5. The van der Waals surface area contributed by atoms with Crippen molar-refractivity contribution in [2.24, 2.45) is 7.05 Å². The number of hydrogen-bond acceptors (Lipinski definition) is 2. The van der Waals surface area contributed by atoms with E-state index in [4.69, 9.17) is 4.42 Å². The molecule has 0 atom stereocenters. The molecule has 0 amide bonds. The van der Waals surface area contributed by atoms with E-state index < -0.39 is 0 Å². The van der Waals surface area contributed by atoms with Crippen molar-refractivity contribution in [2.75, 3.05) is 0 Å². The largest absolute Gasteiger partial charge is 0.469 e. The Morgan fingerprint density at radius 2 is 2.28 bits per heavy atom. The highest BCUT2D eigenvalue weighted by Crippen LogP contribution is 2.21. The van der Waals surface area contributed by atoms with E-state index >= 15 is 0 Å². The predicted molar refractivity (Wildman–Crippen MR) is 66.0 cm³/mol. The van der Waals surface area contributed by atoms with Gasteiger partial charge in [0.25, 0.3) is 0 Å². The van der Waals surface area contributed by atoms with Crippen LogP contribution in [0.5, 0.6) is 0 Å². The molecule has 90 valence electrons. The van der Waals surface area contributed by atoms with Crippen molar-refractivity contribution in [3.8, 4) is 17.3 Å². The predicted octanol–water partition coefficient (Wildman–Crippen LogP) is 2.07. The zero-order valence-corrected chi connectivity index (χ0v) is 10.3. The second-order valence-corrected chi connectivity index (χ2v) is 4.17. The Hall–Kier alpha value is -2.36. The van der Waals surface area contributed by atoms with Crippen LogP contribution >= 0.6 is 0 Å². The van der Waals surface area contributed by atoms with Crippen LogP contribution in [0.25, 0.3) is 17.3 Å². The number of imidazole rings is 1. The van der Waals surface area contributed by atoms with Crippen LogP contribution < -0.4 is 4.57 Å². The summed E-state index contributed by atoms with van der Waals surface area (Å²) < 4.78 is 9.50. The Morgan fingerprint density at radius 3 is 2.94 bits per heavy atom. The van der Waals surface area contributed by atoms with Crippen LogP contribution in [0.2, 0.25) is 0 Å². The van der Waals surface area contributed by atoms with Crippen LogP contribution in [-0.4, -0.2) is 9.55 Å². The van der Waals surface area contributed by atoms with E-state index in [1.54, 1.807) is 18.7 Å². The lowest BCUT2D eigenvalue weighted by atomic mass is 10.2. The van der Waals surface area contributed by atoms with E-state index in [0.29, 0.717) is 0 Å². The normalized spacial score (nSPS) is 10.8. The molecule has 4 heteroatoms. The van der Waals surface area contributed by atoms with Gasteiger partial charge in [0.1, 0.15) is 0 Å². The summed E-state index contributed by atoms with van der Waals surface area (Å²) in [6.45, 7) is 2.03.